The van der Waals surface area contributed by atoms with Gasteiger partial charge in [-0.05, 0) is 32.2 Å². The van der Waals surface area contributed by atoms with Gasteiger partial charge in [-0.25, -0.2) is 9.07 Å². The lowest BCUT2D eigenvalue weighted by Gasteiger charge is -2.19. The maximum absolute atomic E-state index is 13.1. The van der Waals surface area contributed by atoms with Gasteiger partial charge in [0.15, 0.2) is 0 Å². The Labute approximate surface area is 125 Å². The molecular formula is C13H14ClFN4O2. The van der Waals surface area contributed by atoms with Crippen LogP contribution in [0.4, 0.5) is 4.39 Å². The number of halogens is 2. The van der Waals surface area contributed by atoms with Crippen LogP contribution in [0.5, 0.6) is 0 Å². The Hall–Kier alpha value is -1.99. The van der Waals surface area contributed by atoms with E-state index < -0.39 is 17.8 Å². The quantitative estimate of drug-likeness (QED) is 0.914. The third kappa shape index (κ3) is 3.56. The molecule has 0 radical (unpaired) electrons. The van der Waals surface area contributed by atoms with Crippen LogP contribution in [0.2, 0.25) is 5.02 Å². The summed E-state index contributed by atoms with van der Waals surface area (Å²) in [6.45, 7) is 1.93. The van der Waals surface area contributed by atoms with Gasteiger partial charge in [0.1, 0.15) is 11.9 Å². The van der Waals surface area contributed by atoms with Crippen LogP contribution in [0.3, 0.4) is 0 Å². The number of hydrogen-bond donors (Lipinski definition) is 1. The molecule has 1 atom stereocenters. The van der Waals surface area contributed by atoms with E-state index in [-0.39, 0.29) is 5.02 Å². The van der Waals surface area contributed by atoms with E-state index in [0.717, 1.165) is 0 Å². The molecule has 8 heteroatoms. The summed E-state index contributed by atoms with van der Waals surface area (Å²) < 4.78 is 14.6. The van der Waals surface area contributed by atoms with Gasteiger partial charge in [-0.15, -0.1) is 5.10 Å². The highest BCUT2D eigenvalue weighted by atomic mass is 35.5. The van der Waals surface area contributed by atoms with E-state index >= 15 is 0 Å². The number of carboxylic acid groups (broad SMARTS) is 1. The Morgan fingerprint density at radius 1 is 1.57 bits per heavy atom. The fourth-order valence-electron chi connectivity index (χ4n) is 1.71. The predicted octanol–water partition coefficient (Wildman–Crippen LogP) is 1.96. The molecule has 6 nitrogen and oxygen atoms in total. The average molecular weight is 313 g/mol. The zero-order chi connectivity index (χ0) is 15.6. The molecule has 0 saturated carbocycles. The molecule has 2 rings (SSSR count). The van der Waals surface area contributed by atoms with Gasteiger partial charge in [0.05, 0.1) is 22.6 Å². The molecule has 21 heavy (non-hydrogen) atoms. The third-order valence-corrected chi connectivity index (χ3v) is 3.43. The first-order valence-corrected chi connectivity index (χ1v) is 6.56. The molecule has 0 bridgehead atoms. The highest BCUT2D eigenvalue weighted by Gasteiger charge is 2.18. The highest BCUT2D eigenvalue weighted by molar-refractivity contribution is 6.30. The number of carbonyl (C=O) groups is 1. The summed E-state index contributed by atoms with van der Waals surface area (Å²) >= 11 is 5.72. The van der Waals surface area contributed by atoms with Crippen molar-refractivity contribution in [2.24, 2.45) is 0 Å². The summed E-state index contributed by atoms with van der Waals surface area (Å²) in [6, 6.07) is 3.59. The van der Waals surface area contributed by atoms with Crippen LogP contribution >= 0.6 is 11.6 Å². The number of hydrogen-bond acceptors (Lipinski definition) is 4. The smallest absolute Gasteiger partial charge is 0.320 e. The van der Waals surface area contributed by atoms with E-state index in [1.807, 2.05) is 0 Å². The number of benzene rings is 1. The lowest BCUT2D eigenvalue weighted by atomic mass is 10.3. The van der Waals surface area contributed by atoms with Crippen molar-refractivity contribution in [1.82, 2.24) is 19.9 Å². The predicted molar refractivity (Wildman–Crippen MR) is 74.9 cm³/mol. The molecule has 1 aromatic heterocycles. The molecule has 0 aliphatic rings. The van der Waals surface area contributed by atoms with E-state index in [4.69, 9.17) is 16.7 Å². The van der Waals surface area contributed by atoms with Gasteiger partial charge in [0, 0.05) is 6.54 Å². The van der Waals surface area contributed by atoms with Gasteiger partial charge in [0.2, 0.25) is 0 Å². The maximum Gasteiger partial charge on any atom is 0.320 e. The van der Waals surface area contributed by atoms with Crippen LogP contribution in [-0.4, -0.2) is 44.1 Å². The van der Waals surface area contributed by atoms with Crippen LogP contribution < -0.4 is 0 Å². The number of rotatable bonds is 5. The van der Waals surface area contributed by atoms with Gasteiger partial charge in [-0.2, -0.15) is 0 Å². The third-order valence-electron chi connectivity index (χ3n) is 3.14. The average Bonchev–Trinajstić information content (AvgIpc) is 2.89. The van der Waals surface area contributed by atoms with Crippen LogP contribution in [-0.2, 0) is 11.3 Å². The number of aliphatic carboxylic acids is 1. The van der Waals surface area contributed by atoms with Crippen molar-refractivity contribution in [3.05, 3.63) is 40.9 Å². The van der Waals surface area contributed by atoms with Crippen molar-refractivity contribution in [2.45, 2.75) is 19.5 Å². The molecule has 112 valence electrons. The van der Waals surface area contributed by atoms with E-state index in [1.165, 1.54) is 22.9 Å². The van der Waals surface area contributed by atoms with Crippen LogP contribution in [0.25, 0.3) is 5.69 Å². The molecule has 0 amide bonds. The maximum atomic E-state index is 13.1. The number of carboxylic acids is 1. The minimum absolute atomic E-state index is 0.00108. The van der Waals surface area contributed by atoms with Crippen molar-refractivity contribution in [1.29, 1.82) is 0 Å². The van der Waals surface area contributed by atoms with Crippen molar-refractivity contribution < 1.29 is 14.3 Å². The Kier molecular flexibility index (Phi) is 4.54. The Balaban J connectivity index is 2.14. The SMILES string of the molecule is CC(C(=O)O)N(C)Cc1cn(-c2ccc(F)c(Cl)c2)nn1. The highest BCUT2D eigenvalue weighted by Crippen LogP contribution is 2.18. The van der Waals surface area contributed by atoms with Gasteiger partial charge in [-0.3, -0.25) is 9.69 Å². The summed E-state index contributed by atoms with van der Waals surface area (Å²) in [4.78, 5) is 12.5. The lowest BCUT2D eigenvalue weighted by Crippen LogP contribution is -2.35. The molecule has 0 aliphatic carbocycles. The largest absolute Gasteiger partial charge is 0.480 e. The molecule has 0 aliphatic heterocycles. The summed E-state index contributed by atoms with van der Waals surface area (Å²) in [5.41, 5.74) is 1.18. The second-order valence-corrected chi connectivity index (χ2v) is 5.09. The molecule has 0 spiro atoms. The first kappa shape index (κ1) is 15.4. The number of likely N-dealkylation sites (N-methyl/N-ethyl adjacent to an activating group) is 1. The van der Waals surface area contributed by atoms with Crippen molar-refractivity contribution in [3.8, 4) is 5.69 Å². The molecule has 2 aromatic rings. The molecule has 1 unspecified atom stereocenters. The monoisotopic (exact) mass is 312 g/mol. The topological polar surface area (TPSA) is 71.2 Å². The second-order valence-electron chi connectivity index (χ2n) is 4.68. The van der Waals surface area contributed by atoms with Crippen LogP contribution in [0.15, 0.2) is 24.4 Å². The standard InChI is InChI=1S/C13H14ClFN4O2/c1-8(13(20)21)18(2)6-9-7-19(17-16-9)10-3-4-12(15)11(14)5-10/h3-5,7-8H,6H2,1-2H3,(H,20,21). The van der Waals surface area contributed by atoms with Gasteiger partial charge >= 0.3 is 5.97 Å². The van der Waals surface area contributed by atoms with E-state index in [9.17, 15) is 9.18 Å². The van der Waals surface area contributed by atoms with E-state index in [1.54, 1.807) is 25.1 Å². The summed E-state index contributed by atoms with van der Waals surface area (Å²) in [5, 5.41) is 16.8. The Morgan fingerprint density at radius 2 is 2.29 bits per heavy atom. The molecule has 1 N–H and O–H groups in total. The van der Waals surface area contributed by atoms with Crippen LogP contribution in [0.1, 0.15) is 12.6 Å². The first-order valence-electron chi connectivity index (χ1n) is 6.18. The van der Waals surface area contributed by atoms with Crippen molar-refractivity contribution >= 4 is 17.6 Å². The fraction of sp³-hybridized carbons (Fsp3) is 0.308. The zero-order valence-electron chi connectivity index (χ0n) is 11.5. The van der Waals surface area contributed by atoms with E-state index in [0.29, 0.717) is 17.9 Å². The van der Waals surface area contributed by atoms with Crippen LogP contribution in [0, 0.1) is 5.82 Å². The second kappa shape index (κ2) is 6.19. The summed E-state index contributed by atoms with van der Waals surface area (Å²) in [6.07, 6.45) is 1.65. The Morgan fingerprint density at radius 3 is 2.90 bits per heavy atom. The van der Waals surface area contributed by atoms with Gasteiger partial charge in [0.25, 0.3) is 0 Å². The van der Waals surface area contributed by atoms with Crippen molar-refractivity contribution in [3.63, 3.8) is 0 Å². The minimum atomic E-state index is -0.907. The van der Waals surface area contributed by atoms with Crippen molar-refractivity contribution in [2.75, 3.05) is 7.05 Å². The first-order chi connectivity index (χ1) is 9.88. The summed E-state index contributed by atoms with van der Waals surface area (Å²) in [7, 11) is 1.69. The summed E-state index contributed by atoms with van der Waals surface area (Å²) in [5.74, 6) is -1.41. The molecule has 0 saturated heterocycles. The lowest BCUT2D eigenvalue weighted by molar-refractivity contribution is -0.142. The molecule has 1 heterocycles. The van der Waals surface area contributed by atoms with Gasteiger partial charge < -0.3 is 5.11 Å². The normalized spacial score (nSPS) is 12.6. The molecule has 1 aromatic carbocycles. The van der Waals surface area contributed by atoms with Gasteiger partial charge in [-0.1, -0.05) is 16.8 Å². The number of aromatic nitrogens is 3. The molecular weight excluding hydrogens is 299 g/mol. The minimum Gasteiger partial charge on any atom is -0.480 e. The number of nitrogens with zero attached hydrogens (tertiary/aromatic N) is 4. The zero-order valence-corrected chi connectivity index (χ0v) is 12.3. The molecule has 0 fully saturated rings. The fourth-order valence-corrected chi connectivity index (χ4v) is 1.88. The Bertz CT molecular complexity index is 661. The van der Waals surface area contributed by atoms with E-state index in [2.05, 4.69) is 10.3 Å².